The van der Waals surface area contributed by atoms with Crippen molar-refractivity contribution in [2.75, 3.05) is 51.3 Å². The van der Waals surface area contributed by atoms with Gasteiger partial charge in [0.05, 0.1) is 17.7 Å². The molecule has 0 aliphatic carbocycles. The largest absolute Gasteiger partial charge is 0.495 e. The highest BCUT2D eigenvalue weighted by atomic mass is 35.5. The number of nitro groups is 1. The monoisotopic (exact) mass is 432 g/mol. The normalized spacial score (nSPS) is 14.4. The topological polar surface area (TPSA) is 88.0 Å². The van der Waals surface area contributed by atoms with Gasteiger partial charge in [-0.3, -0.25) is 19.8 Å². The van der Waals surface area contributed by atoms with Gasteiger partial charge in [0, 0.05) is 44.4 Å². The molecule has 0 unspecified atom stereocenters. The van der Waals surface area contributed by atoms with Gasteiger partial charge in [-0.2, -0.15) is 0 Å². The first-order chi connectivity index (χ1) is 14.5. The summed E-state index contributed by atoms with van der Waals surface area (Å²) in [4.78, 5) is 27.3. The van der Waals surface area contributed by atoms with E-state index in [0.29, 0.717) is 6.54 Å². The number of methoxy groups -OCH3 is 1. The Labute approximate surface area is 180 Å². The molecule has 0 spiro atoms. The first kappa shape index (κ1) is 21.9. The summed E-state index contributed by atoms with van der Waals surface area (Å²) in [6.07, 6.45) is 0.802. The standard InChI is InChI=1S/C21H25ClN4O4/c1-30-20-6-3-2-5-18(20)25-13-11-24(12-14-25)10-4-9-23-21(27)16-7-8-17(22)19(15-16)26(28)29/h2-3,5-8,15H,4,9-14H2,1H3,(H,23,27). The maximum absolute atomic E-state index is 12.2. The van der Waals surface area contributed by atoms with E-state index >= 15 is 0 Å². The molecule has 1 fully saturated rings. The van der Waals surface area contributed by atoms with Gasteiger partial charge in [0.2, 0.25) is 0 Å². The van der Waals surface area contributed by atoms with Crippen LogP contribution in [0.2, 0.25) is 5.02 Å². The summed E-state index contributed by atoms with van der Waals surface area (Å²) in [5.41, 5.74) is 1.08. The van der Waals surface area contributed by atoms with Crippen LogP contribution in [-0.4, -0.2) is 62.1 Å². The molecule has 1 N–H and O–H groups in total. The Hall–Kier alpha value is -2.84. The van der Waals surface area contributed by atoms with Gasteiger partial charge in [0.15, 0.2) is 0 Å². The molecule has 9 heteroatoms. The van der Waals surface area contributed by atoms with Gasteiger partial charge >= 0.3 is 0 Å². The number of rotatable bonds is 8. The Bertz CT molecular complexity index is 900. The van der Waals surface area contributed by atoms with Gasteiger partial charge in [-0.1, -0.05) is 23.7 Å². The van der Waals surface area contributed by atoms with E-state index in [1.807, 2.05) is 18.2 Å². The van der Waals surface area contributed by atoms with Crippen LogP contribution < -0.4 is 15.0 Å². The zero-order valence-electron chi connectivity index (χ0n) is 16.8. The molecule has 2 aromatic carbocycles. The molecular weight excluding hydrogens is 408 g/mol. The van der Waals surface area contributed by atoms with E-state index in [-0.39, 0.29) is 22.2 Å². The quantitative estimate of drug-likeness (QED) is 0.391. The van der Waals surface area contributed by atoms with Gasteiger partial charge < -0.3 is 15.0 Å². The van der Waals surface area contributed by atoms with Crippen LogP contribution in [0.1, 0.15) is 16.8 Å². The molecule has 160 valence electrons. The van der Waals surface area contributed by atoms with E-state index in [0.717, 1.165) is 50.6 Å². The van der Waals surface area contributed by atoms with Crippen LogP contribution in [0.15, 0.2) is 42.5 Å². The molecule has 30 heavy (non-hydrogen) atoms. The fourth-order valence-electron chi connectivity index (χ4n) is 3.50. The predicted octanol–water partition coefficient (Wildman–Crippen LogP) is 3.20. The molecule has 0 radical (unpaired) electrons. The highest BCUT2D eigenvalue weighted by molar-refractivity contribution is 6.32. The molecule has 1 aliphatic rings. The highest BCUT2D eigenvalue weighted by Gasteiger charge is 2.19. The number of nitrogens with one attached hydrogen (secondary N) is 1. The van der Waals surface area contributed by atoms with Gasteiger partial charge in [0.1, 0.15) is 10.8 Å². The lowest BCUT2D eigenvalue weighted by atomic mass is 10.2. The zero-order chi connectivity index (χ0) is 21.5. The lowest BCUT2D eigenvalue weighted by Gasteiger charge is -2.36. The third-order valence-corrected chi connectivity index (χ3v) is 5.46. The second-order valence-electron chi connectivity index (χ2n) is 7.03. The number of ether oxygens (including phenoxy) is 1. The van der Waals surface area contributed by atoms with Crippen molar-refractivity contribution in [3.8, 4) is 5.75 Å². The van der Waals surface area contributed by atoms with Crippen molar-refractivity contribution in [2.45, 2.75) is 6.42 Å². The lowest BCUT2D eigenvalue weighted by Crippen LogP contribution is -2.47. The predicted molar refractivity (Wildman–Crippen MR) is 117 cm³/mol. The highest BCUT2D eigenvalue weighted by Crippen LogP contribution is 2.28. The summed E-state index contributed by atoms with van der Waals surface area (Å²) in [7, 11) is 1.69. The van der Waals surface area contributed by atoms with Crippen LogP contribution >= 0.6 is 11.6 Å². The minimum Gasteiger partial charge on any atom is -0.495 e. The van der Waals surface area contributed by atoms with E-state index in [1.54, 1.807) is 7.11 Å². The number of carbonyl (C=O) groups excluding carboxylic acids is 1. The summed E-state index contributed by atoms with van der Waals surface area (Å²) in [5, 5.41) is 13.8. The Kier molecular flexibility index (Phi) is 7.48. The number of piperazine rings is 1. The molecule has 8 nitrogen and oxygen atoms in total. The minimum atomic E-state index is -0.593. The number of anilines is 1. The Balaban J connectivity index is 1.41. The second-order valence-corrected chi connectivity index (χ2v) is 7.44. The number of nitrogens with zero attached hydrogens (tertiary/aromatic N) is 3. The van der Waals surface area contributed by atoms with Crippen molar-refractivity contribution < 1.29 is 14.5 Å². The summed E-state index contributed by atoms with van der Waals surface area (Å²) in [5.74, 6) is 0.548. The molecule has 1 aliphatic heterocycles. The van der Waals surface area contributed by atoms with E-state index in [2.05, 4.69) is 21.2 Å². The Morgan fingerprint density at radius 2 is 1.93 bits per heavy atom. The molecule has 1 amide bonds. The molecule has 0 bridgehead atoms. The smallest absolute Gasteiger partial charge is 0.288 e. The average Bonchev–Trinajstić information content (AvgIpc) is 2.77. The number of para-hydroxylation sites is 2. The van der Waals surface area contributed by atoms with Crippen LogP contribution in [0.3, 0.4) is 0 Å². The van der Waals surface area contributed by atoms with Crippen molar-refractivity contribution >= 4 is 28.9 Å². The Morgan fingerprint density at radius 3 is 2.63 bits per heavy atom. The summed E-state index contributed by atoms with van der Waals surface area (Å²) in [6.45, 7) is 5.09. The van der Waals surface area contributed by atoms with Crippen LogP contribution in [0.25, 0.3) is 0 Å². The Morgan fingerprint density at radius 1 is 1.20 bits per heavy atom. The maximum atomic E-state index is 12.2. The van der Waals surface area contributed by atoms with Crippen molar-refractivity contribution in [1.29, 1.82) is 0 Å². The molecule has 2 aromatic rings. The van der Waals surface area contributed by atoms with Gasteiger partial charge in [-0.15, -0.1) is 0 Å². The van der Waals surface area contributed by atoms with Crippen molar-refractivity contribution in [1.82, 2.24) is 10.2 Å². The molecule has 0 aromatic heterocycles. The first-order valence-corrected chi connectivity index (χ1v) is 10.2. The van der Waals surface area contributed by atoms with E-state index in [4.69, 9.17) is 16.3 Å². The number of hydrogen-bond donors (Lipinski definition) is 1. The van der Waals surface area contributed by atoms with E-state index in [1.165, 1.54) is 18.2 Å². The molecule has 1 heterocycles. The molecule has 3 rings (SSSR count). The van der Waals surface area contributed by atoms with Crippen LogP contribution in [-0.2, 0) is 0 Å². The number of carbonyl (C=O) groups is 1. The van der Waals surface area contributed by atoms with Crippen LogP contribution in [0, 0.1) is 10.1 Å². The van der Waals surface area contributed by atoms with Crippen molar-refractivity contribution in [2.24, 2.45) is 0 Å². The fraction of sp³-hybridized carbons (Fsp3) is 0.381. The summed E-state index contributed by atoms with van der Waals surface area (Å²) in [6, 6.07) is 12.1. The van der Waals surface area contributed by atoms with Crippen molar-refractivity contribution in [3.05, 3.63) is 63.2 Å². The van der Waals surface area contributed by atoms with Gasteiger partial charge in [-0.05, 0) is 37.2 Å². The van der Waals surface area contributed by atoms with E-state index in [9.17, 15) is 14.9 Å². The number of nitro benzene ring substituents is 1. The number of hydrogen-bond acceptors (Lipinski definition) is 6. The third kappa shape index (κ3) is 5.40. The number of benzene rings is 2. The molecule has 0 saturated carbocycles. The third-order valence-electron chi connectivity index (χ3n) is 5.14. The van der Waals surface area contributed by atoms with Gasteiger partial charge in [-0.25, -0.2) is 0 Å². The second kappa shape index (κ2) is 10.3. The van der Waals surface area contributed by atoms with Gasteiger partial charge in [0.25, 0.3) is 11.6 Å². The number of halogens is 1. The maximum Gasteiger partial charge on any atom is 0.288 e. The lowest BCUT2D eigenvalue weighted by molar-refractivity contribution is -0.384. The van der Waals surface area contributed by atoms with E-state index < -0.39 is 4.92 Å². The number of amides is 1. The summed E-state index contributed by atoms with van der Waals surface area (Å²) >= 11 is 5.79. The molecule has 0 atom stereocenters. The molecule has 1 saturated heterocycles. The molecular formula is C21H25ClN4O4. The minimum absolute atomic E-state index is 0.0174. The average molecular weight is 433 g/mol. The van der Waals surface area contributed by atoms with Crippen molar-refractivity contribution in [3.63, 3.8) is 0 Å². The van der Waals surface area contributed by atoms with Crippen LogP contribution in [0.4, 0.5) is 11.4 Å². The van der Waals surface area contributed by atoms with Crippen LogP contribution in [0.5, 0.6) is 5.75 Å². The zero-order valence-corrected chi connectivity index (χ0v) is 17.6. The summed E-state index contributed by atoms with van der Waals surface area (Å²) < 4.78 is 5.45. The fourth-order valence-corrected chi connectivity index (χ4v) is 3.69. The SMILES string of the molecule is COc1ccccc1N1CCN(CCCNC(=O)c2ccc(Cl)c([N+](=O)[O-])c2)CC1. The first-order valence-electron chi connectivity index (χ1n) is 9.82.